The maximum absolute atomic E-state index is 12.2. The Labute approximate surface area is 97.8 Å². The number of ether oxygens (including phenoxy) is 1. The molecular weight excluding hydrogens is 228 g/mol. The van der Waals surface area contributed by atoms with Gasteiger partial charge in [-0.15, -0.1) is 0 Å². The Bertz CT molecular complexity index is 431. The van der Waals surface area contributed by atoms with Crippen LogP contribution in [0.4, 0.5) is 8.78 Å². The van der Waals surface area contributed by atoms with E-state index in [0.717, 1.165) is 12.8 Å². The number of halogens is 2. The molecular formula is C12H13F2NO2. The van der Waals surface area contributed by atoms with Gasteiger partial charge in [0.15, 0.2) is 0 Å². The molecule has 2 rings (SSSR count). The van der Waals surface area contributed by atoms with Crippen molar-refractivity contribution >= 4 is 5.91 Å². The topological polar surface area (TPSA) is 38.3 Å². The fraction of sp³-hybridized carbons (Fsp3) is 0.417. The molecule has 1 N–H and O–H groups in total. The first-order chi connectivity index (χ1) is 8.08. The summed E-state index contributed by atoms with van der Waals surface area (Å²) in [5.41, 5.74) is 0.820. The van der Waals surface area contributed by atoms with Crippen LogP contribution in [0.15, 0.2) is 18.2 Å². The molecule has 0 spiro atoms. The van der Waals surface area contributed by atoms with Crippen molar-refractivity contribution < 1.29 is 18.3 Å². The second-order valence-electron chi connectivity index (χ2n) is 4.07. The largest absolute Gasteiger partial charge is 0.434 e. The molecule has 1 aliphatic carbocycles. The van der Waals surface area contributed by atoms with E-state index in [-0.39, 0.29) is 23.3 Å². The molecule has 1 fully saturated rings. The average Bonchev–Trinajstić information content (AvgIpc) is 3.00. The lowest BCUT2D eigenvalue weighted by molar-refractivity contribution is -0.0501. The fourth-order valence-corrected chi connectivity index (χ4v) is 1.61. The molecule has 1 aromatic rings. The molecule has 0 aromatic heterocycles. The van der Waals surface area contributed by atoms with Gasteiger partial charge in [0.1, 0.15) is 5.75 Å². The zero-order chi connectivity index (χ0) is 12.4. The molecule has 5 heteroatoms. The van der Waals surface area contributed by atoms with Crippen LogP contribution in [-0.4, -0.2) is 18.6 Å². The summed E-state index contributed by atoms with van der Waals surface area (Å²) in [7, 11) is 0. The number of hydrogen-bond donors (Lipinski definition) is 1. The van der Waals surface area contributed by atoms with Gasteiger partial charge in [-0.2, -0.15) is 8.78 Å². The van der Waals surface area contributed by atoms with Gasteiger partial charge in [-0.05, 0) is 31.4 Å². The van der Waals surface area contributed by atoms with Gasteiger partial charge >= 0.3 is 6.61 Å². The van der Waals surface area contributed by atoms with E-state index >= 15 is 0 Å². The maximum atomic E-state index is 12.2. The fourth-order valence-electron chi connectivity index (χ4n) is 1.61. The minimum atomic E-state index is -2.93. The molecule has 1 saturated carbocycles. The molecule has 0 atom stereocenters. The minimum absolute atomic E-state index is 0.0712. The Hall–Kier alpha value is -1.65. The summed E-state index contributed by atoms with van der Waals surface area (Å²) in [6.45, 7) is -1.23. The monoisotopic (exact) mass is 241 g/mol. The van der Waals surface area contributed by atoms with Crippen molar-refractivity contribution in [1.29, 1.82) is 0 Å². The number of hydrogen-bond acceptors (Lipinski definition) is 2. The minimum Gasteiger partial charge on any atom is -0.434 e. The van der Waals surface area contributed by atoms with Crippen molar-refractivity contribution in [2.45, 2.75) is 32.4 Å². The van der Waals surface area contributed by atoms with Crippen LogP contribution in [0, 0.1) is 6.92 Å². The van der Waals surface area contributed by atoms with Crippen LogP contribution < -0.4 is 10.1 Å². The molecule has 0 radical (unpaired) electrons. The van der Waals surface area contributed by atoms with Gasteiger partial charge in [0.05, 0.1) is 5.56 Å². The Balaban J connectivity index is 2.25. The van der Waals surface area contributed by atoms with Crippen molar-refractivity contribution in [3.05, 3.63) is 29.3 Å². The number of benzene rings is 1. The van der Waals surface area contributed by atoms with Crippen LogP contribution in [0.25, 0.3) is 0 Å². The van der Waals surface area contributed by atoms with Gasteiger partial charge in [-0.3, -0.25) is 4.79 Å². The highest BCUT2D eigenvalue weighted by molar-refractivity contribution is 5.98. The number of carbonyl (C=O) groups is 1. The van der Waals surface area contributed by atoms with Crippen molar-refractivity contribution in [1.82, 2.24) is 5.32 Å². The highest BCUT2D eigenvalue weighted by atomic mass is 19.3. The highest BCUT2D eigenvalue weighted by Crippen LogP contribution is 2.26. The molecule has 17 heavy (non-hydrogen) atoms. The van der Waals surface area contributed by atoms with E-state index in [1.54, 1.807) is 19.1 Å². The van der Waals surface area contributed by atoms with Crippen LogP contribution in [0.5, 0.6) is 5.75 Å². The van der Waals surface area contributed by atoms with Crippen LogP contribution in [0.2, 0.25) is 0 Å². The van der Waals surface area contributed by atoms with Crippen molar-refractivity contribution in [2.75, 3.05) is 0 Å². The normalized spacial score (nSPS) is 14.8. The van der Waals surface area contributed by atoms with Crippen molar-refractivity contribution in [2.24, 2.45) is 0 Å². The SMILES string of the molecule is Cc1cccc(OC(F)F)c1C(=O)NC1CC1. The van der Waals surface area contributed by atoms with Gasteiger partial charge in [0.2, 0.25) is 0 Å². The highest BCUT2D eigenvalue weighted by Gasteiger charge is 2.26. The molecule has 0 saturated heterocycles. The number of nitrogens with one attached hydrogen (secondary N) is 1. The first-order valence-corrected chi connectivity index (χ1v) is 5.43. The Morgan fingerprint density at radius 3 is 2.76 bits per heavy atom. The van der Waals surface area contributed by atoms with Crippen LogP contribution in [-0.2, 0) is 0 Å². The average molecular weight is 241 g/mol. The van der Waals surface area contributed by atoms with Crippen molar-refractivity contribution in [3.8, 4) is 5.75 Å². The van der Waals surface area contributed by atoms with Gasteiger partial charge < -0.3 is 10.1 Å². The Morgan fingerprint density at radius 1 is 1.47 bits per heavy atom. The lowest BCUT2D eigenvalue weighted by Crippen LogP contribution is -2.27. The number of amides is 1. The number of rotatable bonds is 4. The molecule has 0 aliphatic heterocycles. The molecule has 3 nitrogen and oxygen atoms in total. The van der Waals surface area contributed by atoms with Crippen LogP contribution in [0.3, 0.4) is 0 Å². The molecule has 1 amide bonds. The first-order valence-electron chi connectivity index (χ1n) is 5.43. The molecule has 0 heterocycles. The summed E-state index contributed by atoms with van der Waals surface area (Å²) in [6, 6.07) is 4.84. The third-order valence-electron chi connectivity index (χ3n) is 2.59. The summed E-state index contributed by atoms with van der Waals surface area (Å²) < 4.78 is 28.8. The quantitative estimate of drug-likeness (QED) is 0.879. The van der Waals surface area contributed by atoms with Gasteiger partial charge in [-0.25, -0.2) is 0 Å². The van der Waals surface area contributed by atoms with Crippen molar-refractivity contribution in [3.63, 3.8) is 0 Å². The number of aryl methyl sites for hydroxylation is 1. The molecule has 1 aliphatic rings. The number of carbonyl (C=O) groups excluding carboxylic acids is 1. The Kier molecular flexibility index (Phi) is 3.26. The zero-order valence-electron chi connectivity index (χ0n) is 9.37. The third kappa shape index (κ3) is 2.93. The van der Waals surface area contributed by atoms with Crippen LogP contribution in [0.1, 0.15) is 28.8 Å². The standard InChI is InChI=1S/C12H13F2NO2/c1-7-3-2-4-9(17-12(13)14)10(7)11(16)15-8-5-6-8/h2-4,8,12H,5-6H2,1H3,(H,15,16). The summed E-state index contributed by atoms with van der Waals surface area (Å²) in [5.74, 6) is -0.417. The lowest BCUT2D eigenvalue weighted by Gasteiger charge is -2.12. The smallest absolute Gasteiger partial charge is 0.387 e. The Morgan fingerprint density at radius 2 is 2.18 bits per heavy atom. The second kappa shape index (κ2) is 4.69. The van der Waals surface area contributed by atoms with Crippen LogP contribution >= 0.6 is 0 Å². The third-order valence-corrected chi connectivity index (χ3v) is 2.59. The summed E-state index contributed by atoms with van der Waals surface area (Å²) >= 11 is 0. The number of alkyl halides is 2. The predicted octanol–water partition coefficient (Wildman–Crippen LogP) is 2.49. The predicted molar refractivity (Wildman–Crippen MR) is 58.3 cm³/mol. The second-order valence-corrected chi connectivity index (χ2v) is 4.07. The van der Waals surface area contributed by atoms with Gasteiger partial charge in [0.25, 0.3) is 5.91 Å². The summed E-state index contributed by atoms with van der Waals surface area (Å²) in [6.07, 6.45) is 1.89. The van der Waals surface area contributed by atoms with E-state index in [0.29, 0.717) is 5.56 Å². The molecule has 0 bridgehead atoms. The van der Waals surface area contributed by atoms with E-state index in [1.165, 1.54) is 6.07 Å². The van der Waals surface area contributed by atoms with E-state index in [1.807, 2.05) is 0 Å². The molecule has 0 unspecified atom stereocenters. The van der Waals surface area contributed by atoms with E-state index in [2.05, 4.69) is 10.1 Å². The summed E-state index contributed by atoms with van der Waals surface area (Å²) in [5, 5.41) is 2.76. The molecule has 92 valence electrons. The van der Waals surface area contributed by atoms with E-state index in [4.69, 9.17) is 0 Å². The molecule has 1 aromatic carbocycles. The summed E-state index contributed by atoms with van der Waals surface area (Å²) in [4.78, 5) is 11.9. The zero-order valence-corrected chi connectivity index (χ0v) is 9.37. The van der Waals surface area contributed by atoms with Gasteiger partial charge in [0, 0.05) is 6.04 Å². The van der Waals surface area contributed by atoms with E-state index < -0.39 is 6.61 Å². The first kappa shape index (κ1) is 11.8. The maximum Gasteiger partial charge on any atom is 0.387 e. The van der Waals surface area contributed by atoms with E-state index in [9.17, 15) is 13.6 Å². The van der Waals surface area contributed by atoms with Gasteiger partial charge in [-0.1, -0.05) is 12.1 Å². The lowest BCUT2D eigenvalue weighted by atomic mass is 10.1.